The molecule has 0 radical (unpaired) electrons. The molecule has 3 N–H and O–H groups in total. The molecule has 0 saturated heterocycles. The van der Waals surface area contributed by atoms with Gasteiger partial charge in [0.2, 0.25) is 5.82 Å². The van der Waals surface area contributed by atoms with E-state index in [1.807, 2.05) is 0 Å². The number of benzene rings is 1. The fraction of sp³-hybridized carbons (Fsp3) is 0.182. The maximum atomic E-state index is 12.5. The SMILES string of the molecule is Cc1cc(NC(=O)c2nnn[nH]2)c(O)c(C(=O)C(F)(F)F)c1. The van der Waals surface area contributed by atoms with E-state index < -0.39 is 29.2 Å². The number of ketones is 1. The van der Waals surface area contributed by atoms with Crippen molar-refractivity contribution in [2.75, 3.05) is 5.32 Å². The fourth-order valence-corrected chi connectivity index (χ4v) is 1.64. The second-order valence-corrected chi connectivity index (χ2v) is 4.24. The second-order valence-electron chi connectivity index (χ2n) is 4.24. The summed E-state index contributed by atoms with van der Waals surface area (Å²) in [5.41, 5.74) is -1.09. The van der Waals surface area contributed by atoms with Crippen LogP contribution in [0.5, 0.6) is 5.75 Å². The minimum atomic E-state index is -5.15. The molecule has 0 spiro atoms. The third kappa shape index (κ3) is 3.02. The number of phenols is 1. The van der Waals surface area contributed by atoms with Crippen molar-refractivity contribution < 1.29 is 27.9 Å². The predicted molar refractivity (Wildman–Crippen MR) is 65.4 cm³/mol. The van der Waals surface area contributed by atoms with E-state index >= 15 is 0 Å². The van der Waals surface area contributed by atoms with Gasteiger partial charge in [-0.15, -0.1) is 5.10 Å². The fourth-order valence-electron chi connectivity index (χ4n) is 1.64. The number of hydrogen-bond acceptors (Lipinski definition) is 6. The standard InChI is InChI=1S/C11H8F3N5O3/c1-4-2-5(8(21)11(12,13)14)7(20)6(3-4)15-10(22)9-16-18-19-17-9/h2-3,20H,1H3,(H,15,22)(H,16,17,18,19). The van der Waals surface area contributed by atoms with Gasteiger partial charge >= 0.3 is 6.18 Å². The molecule has 11 heteroatoms. The van der Waals surface area contributed by atoms with Gasteiger partial charge < -0.3 is 10.4 Å². The Morgan fingerprint density at radius 1 is 1.32 bits per heavy atom. The summed E-state index contributed by atoms with van der Waals surface area (Å²) in [5, 5.41) is 23.7. The predicted octanol–water partition coefficient (Wildman–Crippen LogP) is 1.21. The van der Waals surface area contributed by atoms with Crippen LogP contribution in [0.4, 0.5) is 18.9 Å². The Hall–Kier alpha value is -2.98. The number of nitrogens with zero attached hydrogens (tertiary/aromatic N) is 3. The molecule has 1 aromatic carbocycles. The summed E-state index contributed by atoms with van der Waals surface area (Å²) in [5.74, 6) is -4.42. The van der Waals surface area contributed by atoms with Gasteiger partial charge in [0.15, 0.2) is 0 Å². The second kappa shape index (κ2) is 5.42. The molecule has 0 aliphatic carbocycles. The number of aromatic nitrogens is 4. The normalized spacial score (nSPS) is 11.3. The third-order valence-corrected chi connectivity index (χ3v) is 2.56. The zero-order valence-corrected chi connectivity index (χ0v) is 10.9. The van der Waals surface area contributed by atoms with Crippen LogP contribution in [0.25, 0.3) is 0 Å². The largest absolute Gasteiger partial charge is 0.505 e. The van der Waals surface area contributed by atoms with Crippen molar-refractivity contribution in [3.8, 4) is 5.75 Å². The first-order valence-electron chi connectivity index (χ1n) is 5.70. The summed E-state index contributed by atoms with van der Waals surface area (Å²) in [6.45, 7) is 1.40. The lowest BCUT2D eigenvalue weighted by atomic mass is 10.0. The number of amides is 1. The van der Waals surface area contributed by atoms with E-state index in [-0.39, 0.29) is 17.1 Å². The Labute approximate surface area is 120 Å². The van der Waals surface area contributed by atoms with Gasteiger partial charge in [0.1, 0.15) is 5.75 Å². The van der Waals surface area contributed by atoms with E-state index in [1.165, 1.54) is 13.0 Å². The minimum absolute atomic E-state index is 0.233. The van der Waals surface area contributed by atoms with Crippen molar-refractivity contribution in [3.63, 3.8) is 0 Å². The number of nitrogens with one attached hydrogen (secondary N) is 2. The number of Topliss-reactive ketones (excluding diaryl/α,β-unsaturated/α-hetero) is 1. The summed E-state index contributed by atoms with van der Waals surface area (Å²) >= 11 is 0. The Morgan fingerprint density at radius 2 is 2.00 bits per heavy atom. The highest BCUT2D eigenvalue weighted by Gasteiger charge is 2.41. The number of phenolic OH excluding ortho intramolecular Hbond substituents is 1. The van der Waals surface area contributed by atoms with Crippen molar-refractivity contribution in [2.45, 2.75) is 13.1 Å². The smallest absolute Gasteiger partial charge is 0.455 e. The number of carbonyl (C=O) groups is 2. The molecule has 2 aromatic rings. The van der Waals surface area contributed by atoms with E-state index in [1.54, 1.807) is 0 Å². The van der Waals surface area contributed by atoms with Crippen LogP contribution in [-0.2, 0) is 0 Å². The Morgan fingerprint density at radius 3 is 2.55 bits per heavy atom. The van der Waals surface area contributed by atoms with Crippen LogP contribution in [0, 0.1) is 6.92 Å². The molecule has 1 aromatic heterocycles. The van der Waals surface area contributed by atoms with Crippen molar-refractivity contribution >= 4 is 17.4 Å². The summed E-state index contributed by atoms with van der Waals surface area (Å²) in [7, 11) is 0. The Balaban J connectivity index is 2.39. The van der Waals surface area contributed by atoms with Crippen LogP contribution in [-0.4, -0.2) is 43.6 Å². The number of aromatic amines is 1. The van der Waals surface area contributed by atoms with Gasteiger partial charge in [-0.3, -0.25) is 9.59 Å². The summed E-state index contributed by atoms with van der Waals surface area (Å²) < 4.78 is 37.5. The average Bonchev–Trinajstić information content (AvgIpc) is 2.94. The first-order valence-corrected chi connectivity index (χ1v) is 5.70. The third-order valence-electron chi connectivity index (χ3n) is 2.56. The zero-order valence-electron chi connectivity index (χ0n) is 10.9. The number of hydrogen-bond donors (Lipinski definition) is 3. The lowest BCUT2D eigenvalue weighted by molar-refractivity contribution is -0.0886. The molecule has 1 heterocycles. The van der Waals surface area contributed by atoms with E-state index in [4.69, 9.17) is 0 Å². The van der Waals surface area contributed by atoms with Gasteiger partial charge in [-0.25, -0.2) is 5.10 Å². The van der Waals surface area contributed by atoms with E-state index in [0.717, 1.165) is 6.07 Å². The molecule has 0 fully saturated rings. The highest BCUT2D eigenvalue weighted by Crippen LogP contribution is 2.34. The number of tetrazole rings is 1. The molecular weight excluding hydrogens is 307 g/mol. The molecule has 0 bridgehead atoms. The van der Waals surface area contributed by atoms with Crippen molar-refractivity contribution in [1.29, 1.82) is 0 Å². The molecule has 22 heavy (non-hydrogen) atoms. The van der Waals surface area contributed by atoms with Gasteiger partial charge in [-0.1, -0.05) is 0 Å². The van der Waals surface area contributed by atoms with Crippen LogP contribution in [0.2, 0.25) is 0 Å². The van der Waals surface area contributed by atoms with Crippen LogP contribution in [0.1, 0.15) is 26.5 Å². The van der Waals surface area contributed by atoms with Crippen LogP contribution < -0.4 is 5.32 Å². The van der Waals surface area contributed by atoms with Crippen molar-refractivity contribution in [1.82, 2.24) is 20.6 Å². The lowest BCUT2D eigenvalue weighted by Crippen LogP contribution is -2.23. The summed E-state index contributed by atoms with van der Waals surface area (Å²) in [6.07, 6.45) is -5.15. The maximum Gasteiger partial charge on any atom is 0.455 e. The monoisotopic (exact) mass is 315 g/mol. The first-order chi connectivity index (χ1) is 10.2. The number of rotatable bonds is 3. The van der Waals surface area contributed by atoms with E-state index in [9.17, 15) is 27.9 Å². The number of aromatic hydroxyl groups is 1. The molecule has 0 atom stereocenters. The first kappa shape index (κ1) is 15.4. The van der Waals surface area contributed by atoms with Crippen LogP contribution >= 0.6 is 0 Å². The molecule has 0 aliphatic rings. The van der Waals surface area contributed by atoms with E-state index in [2.05, 4.69) is 25.9 Å². The van der Waals surface area contributed by atoms with Crippen LogP contribution in [0.3, 0.4) is 0 Å². The molecule has 1 amide bonds. The minimum Gasteiger partial charge on any atom is -0.505 e. The number of carbonyl (C=O) groups excluding carboxylic acids is 2. The molecule has 0 unspecified atom stereocenters. The zero-order chi connectivity index (χ0) is 16.5. The molecule has 8 nitrogen and oxygen atoms in total. The Kier molecular flexibility index (Phi) is 3.80. The van der Waals surface area contributed by atoms with Gasteiger partial charge in [0.05, 0.1) is 11.3 Å². The highest BCUT2D eigenvalue weighted by atomic mass is 19.4. The molecular formula is C11H8F3N5O3. The highest BCUT2D eigenvalue weighted by molar-refractivity contribution is 6.07. The number of aryl methyl sites for hydroxylation is 1. The summed E-state index contributed by atoms with van der Waals surface area (Å²) in [6, 6.07) is 2.07. The maximum absolute atomic E-state index is 12.5. The number of anilines is 1. The van der Waals surface area contributed by atoms with Crippen molar-refractivity contribution in [3.05, 3.63) is 29.1 Å². The number of halogens is 3. The van der Waals surface area contributed by atoms with Gasteiger partial charge in [0.25, 0.3) is 11.7 Å². The Bertz CT molecular complexity index is 727. The quantitative estimate of drug-likeness (QED) is 0.578. The van der Waals surface area contributed by atoms with Crippen molar-refractivity contribution in [2.24, 2.45) is 0 Å². The van der Waals surface area contributed by atoms with Gasteiger partial charge in [-0.2, -0.15) is 13.2 Å². The average molecular weight is 315 g/mol. The van der Waals surface area contributed by atoms with Crippen LogP contribution in [0.15, 0.2) is 12.1 Å². The van der Waals surface area contributed by atoms with Gasteiger partial charge in [0, 0.05) is 0 Å². The number of alkyl halides is 3. The molecule has 116 valence electrons. The number of H-pyrrole nitrogens is 1. The topological polar surface area (TPSA) is 121 Å². The lowest BCUT2D eigenvalue weighted by Gasteiger charge is -2.12. The van der Waals surface area contributed by atoms with Gasteiger partial charge in [-0.05, 0) is 35.0 Å². The molecule has 2 rings (SSSR count). The summed E-state index contributed by atoms with van der Waals surface area (Å²) in [4.78, 5) is 23.0. The van der Waals surface area contributed by atoms with E-state index in [0.29, 0.717) is 0 Å². The molecule has 0 saturated carbocycles. The molecule has 0 aliphatic heterocycles.